The largest absolute Gasteiger partial charge is 0.377 e. The molecule has 1 rings (SSSR count). The fourth-order valence-electron chi connectivity index (χ4n) is 1.18. The monoisotopic (exact) mass is 169 g/mol. The maximum absolute atomic E-state index is 7.42. The molecule has 0 spiro atoms. The lowest BCUT2D eigenvalue weighted by molar-refractivity contribution is 0.858. The second-order valence-corrected chi connectivity index (χ2v) is 3.05. The van der Waals surface area contributed by atoms with Gasteiger partial charge >= 0.3 is 0 Å². The fourth-order valence-corrected chi connectivity index (χ4v) is 1.18. The molecule has 0 radical (unpaired) electrons. The molecular weight excluding hydrogens is 146 g/mol. The Morgan fingerprint density at radius 1 is 1.25 bits per heavy atom. The van der Waals surface area contributed by atoms with Crippen molar-refractivity contribution in [1.29, 1.82) is 0 Å². The molecule has 0 aromatic heterocycles. The highest BCUT2D eigenvalue weighted by atomic mass is 15.1. The van der Waals surface area contributed by atoms with E-state index in [0.717, 1.165) is 0 Å². The molecule has 0 aliphatic rings. The van der Waals surface area contributed by atoms with Gasteiger partial charge in [-0.25, -0.2) is 0 Å². The summed E-state index contributed by atoms with van der Waals surface area (Å²) >= 11 is 0. The van der Waals surface area contributed by atoms with Gasteiger partial charge in [0.1, 0.15) is 0 Å². The Balaban J connectivity index is 3.40. The summed E-state index contributed by atoms with van der Waals surface area (Å²) in [6.45, 7) is -1.60. The number of nitrogens with zero attached hydrogens (tertiary/aromatic N) is 1. The number of para-hydroxylation sites is 1. The lowest BCUT2D eigenvalue weighted by atomic mass is 10.0. The standard InChI is InChI=1S/C11H17N/c1-9(2)10-7-5-6-8-11(10)12(3)4/h5-9H,1-4H3/i3D3,4D3. The molecule has 1 nitrogen and oxygen atoms in total. The highest BCUT2D eigenvalue weighted by molar-refractivity contribution is 5.53. The molecule has 0 unspecified atom stereocenters. The quantitative estimate of drug-likeness (QED) is 0.658. The van der Waals surface area contributed by atoms with Crippen molar-refractivity contribution in [2.24, 2.45) is 0 Å². The van der Waals surface area contributed by atoms with Crippen LogP contribution in [0.5, 0.6) is 0 Å². The van der Waals surface area contributed by atoms with Gasteiger partial charge in [-0.15, -0.1) is 0 Å². The number of anilines is 1. The van der Waals surface area contributed by atoms with Crippen LogP contribution >= 0.6 is 0 Å². The van der Waals surface area contributed by atoms with Gasteiger partial charge in [0.25, 0.3) is 0 Å². The molecule has 0 heterocycles. The van der Waals surface area contributed by atoms with Crippen molar-refractivity contribution >= 4 is 5.69 Å². The van der Waals surface area contributed by atoms with Gasteiger partial charge in [-0.1, -0.05) is 32.0 Å². The number of rotatable bonds is 2. The fraction of sp³-hybridized carbons (Fsp3) is 0.455. The minimum atomic E-state index is -2.70. The summed E-state index contributed by atoms with van der Waals surface area (Å²) in [7, 11) is 0. The summed E-state index contributed by atoms with van der Waals surface area (Å²) in [6.07, 6.45) is 0. The zero-order valence-electron chi connectivity index (χ0n) is 13.3. The average Bonchev–Trinajstić information content (AvgIpc) is 2.13. The highest BCUT2D eigenvalue weighted by Gasteiger charge is 2.05. The van der Waals surface area contributed by atoms with Gasteiger partial charge in [0.2, 0.25) is 0 Å². The van der Waals surface area contributed by atoms with E-state index in [0.29, 0.717) is 10.5 Å². The number of benzene rings is 1. The van der Waals surface area contributed by atoms with Crippen molar-refractivity contribution in [3.8, 4) is 0 Å². The van der Waals surface area contributed by atoms with E-state index in [1.165, 1.54) is 6.07 Å². The molecule has 12 heavy (non-hydrogen) atoms. The first-order valence-corrected chi connectivity index (χ1v) is 3.94. The Bertz CT molecular complexity index is 393. The van der Waals surface area contributed by atoms with Crippen LogP contribution in [0.1, 0.15) is 33.6 Å². The van der Waals surface area contributed by atoms with Crippen LogP contribution in [0.25, 0.3) is 0 Å². The molecular formula is C11H17N. The highest BCUT2D eigenvalue weighted by Crippen LogP contribution is 2.25. The summed E-state index contributed by atoms with van der Waals surface area (Å²) in [5.74, 6) is 0.0494. The predicted octanol–water partition coefficient (Wildman–Crippen LogP) is 2.88. The first kappa shape index (κ1) is 3.82. The van der Waals surface area contributed by atoms with Crippen LogP contribution in [0.2, 0.25) is 0 Å². The van der Waals surface area contributed by atoms with E-state index < -0.39 is 14.0 Å². The Morgan fingerprint density at radius 3 is 2.50 bits per heavy atom. The van der Waals surface area contributed by atoms with E-state index in [-0.39, 0.29) is 11.6 Å². The molecule has 0 saturated heterocycles. The first-order valence-electron chi connectivity index (χ1n) is 6.94. The maximum Gasteiger partial charge on any atom is 0.0456 e. The molecule has 0 amide bonds. The molecule has 0 saturated carbocycles. The second kappa shape index (κ2) is 3.61. The van der Waals surface area contributed by atoms with Gasteiger partial charge in [0, 0.05) is 27.9 Å². The Hall–Kier alpha value is -0.980. The van der Waals surface area contributed by atoms with Gasteiger partial charge in [-0.3, -0.25) is 0 Å². The topological polar surface area (TPSA) is 3.24 Å². The predicted molar refractivity (Wildman–Crippen MR) is 54.9 cm³/mol. The summed E-state index contributed by atoms with van der Waals surface area (Å²) in [5, 5.41) is 0. The van der Waals surface area contributed by atoms with Crippen molar-refractivity contribution in [3.63, 3.8) is 0 Å². The van der Waals surface area contributed by atoms with Gasteiger partial charge in [-0.05, 0) is 17.5 Å². The Kier molecular flexibility index (Phi) is 1.15. The van der Waals surface area contributed by atoms with Crippen molar-refractivity contribution < 1.29 is 8.22 Å². The summed E-state index contributed by atoms with van der Waals surface area (Å²) in [5.41, 5.74) is 0.956. The van der Waals surface area contributed by atoms with E-state index in [9.17, 15) is 0 Å². The Morgan fingerprint density at radius 2 is 1.92 bits per heavy atom. The van der Waals surface area contributed by atoms with Crippen LogP contribution < -0.4 is 4.90 Å². The minimum absolute atomic E-state index is 0.0494. The van der Waals surface area contributed by atoms with E-state index >= 15 is 0 Å². The van der Waals surface area contributed by atoms with Gasteiger partial charge in [0.15, 0.2) is 0 Å². The van der Waals surface area contributed by atoms with Crippen molar-refractivity contribution in [2.75, 3.05) is 18.9 Å². The molecule has 0 N–H and O–H groups in total. The summed E-state index contributed by atoms with van der Waals surface area (Å²) in [6, 6.07) is 6.71. The van der Waals surface area contributed by atoms with Crippen LogP contribution in [0.4, 0.5) is 5.69 Å². The lowest BCUT2D eigenvalue weighted by Crippen LogP contribution is -2.11. The molecule has 0 aliphatic heterocycles. The second-order valence-electron chi connectivity index (χ2n) is 3.05. The number of hydrogen-bond acceptors (Lipinski definition) is 1. The number of hydrogen-bond donors (Lipinski definition) is 0. The van der Waals surface area contributed by atoms with Crippen molar-refractivity contribution in [1.82, 2.24) is 0 Å². The summed E-state index contributed by atoms with van der Waals surface area (Å²) in [4.78, 5) is 0.537. The molecule has 0 bridgehead atoms. The summed E-state index contributed by atoms with van der Waals surface area (Å²) < 4.78 is 44.5. The SMILES string of the molecule is [2H]C([2H])([2H])N(c1ccccc1C(C)C)C([2H])([2H])[2H]. The normalized spacial score (nSPS) is 19.9. The van der Waals surface area contributed by atoms with E-state index in [4.69, 9.17) is 8.22 Å². The van der Waals surface area contributed by atoms with Crippen LogP contribution in [0, 0.1) is 0 Å². The van der Waals surface area contributed by atoms with Crippen LogP contribution in [0.3, 0.4) is 0 Å². The third kappa shape index (κ3) is 1.79. The van der Waals surface area contributed by atoms with Crippen LogP contribution in [-0.4, -0.2) is 14.0 Å². The zero-order valence-corrected chi connectivity index (χ0v) is 7.33. The van der Waals surface area contributed by atoms with Gasteiger partial charge < -0.3 is 4.90 Å². The molecule has 1 aromatic carbocycles. The van der Waals surface area contributed by atoms with Crippen LogP contribution in [0.15, 0.2) is 24.3 Å². The van der Waals surface area contributed by atoms with Gasteiger partial charge in [-0.2, -0.15) is 0 Å². The molecule has 1 heteroatoms. The van der Waals surface area contributed by atoms with E-state index in [1.807, 2.05) is 13.8 Å². The molecule has 0 atom stereocenters. The lowest BCUT2D eigenvalue weighted by Gasteiger charge is -2.19. The Labute approximate surface area is 83.4 Å². The molecule has 1 aromatic rings. The van der Waals surface area contributed by atoms with E-state index in [1.54, 1.807) is 18.2 Å². The van der Waals surface area contributed by atoms with Crippen molar-refractivity contribution in [2.45, 2.75) is 19.8 Å². The van der Waals surface area contributed by atoms with Crippen molar-refractivity contribution in [3.05, 3.63) is 29.8 Å². The molecule has 66 valence electrons. The molecule has 0 aliphatic carbocycles. The average molecular weight is 169 g/mol. The van der Waals surface area contributed by atoms with E-state index in [2.05, 4.69) is 0 Å². The third-order valence-corrected chi connectivity index (χ3v) is 1.80. The molecule has 0 fully saturated rings. The zero-order chi connectivity index (χ0) is 14.1. The first-order chi connectivity index (χ1) is 8.05. The maximum atomic E-state index is 7.42. The third-order valence-electron chi connectivity index (χ3n) is 1.80. The minimum Gasteiger partial charge on any atom is -0.377 e. The van der Waals surface area contributed by atoms with Crippen LogP contribution in [-0.2, 0) is 0 Å². The van der Waals surface area contributed by atoms with Gasteiger partial charge in [0.05, 0.1) is 0 Å². The smallest absolute Gasteiger partial charge is 0.0456 e.